The van der Waals surface area contributed by atoms with Crippen molar-refractivity contribution in [2.75, 3.05) is 12.3 Å². The Morgan fingerprint density at radius 3 is 1.70 bits per heavy atom. The fraction of sp³-hybridized carbons (Fsp3) is 1.00. The van der Waals surface area contributed by atoms with E-state index >= 15 is 0 Å². The van der Waals surface area contributed by atoms with Gasteiger partial charge in [0.25, 0.3) is 0 Å². The highest BCUT2D eigenvalue weighted by atomic mass is 31.0. The molecular weight excluding hydrogens is 278 g/mol. The number of hydrogen-bond acceptors (Lipinski definition) is 0. The van der Waals surface area contributed by atoms with Crippen LogP contribution < -0.4 is 0 Å². The molecule has 2 aliphatic carbocycles. The fourth-order valence-electron chi connectivity index (χ4n) is 4.69. The molecule has 0 N–H and O–H groups in total. The smallest absolute Gasteiger partial charge is 0.0353 e. The molecule has 0 aromatic carbocycles. The molecule has 0 spiro atoms. The van der Waals surface area contributed by atoms with Crippen LogP contribution in [0.25, 0.3) is 0 Å². The molecule has 0 saturated heterocycles. The molecule has 0 bridgehead atoms. The van der Waals surface area contributed by atoms with Gasteiger partial charge in [-0.1, -0.05) is 26.2 Å². The lowest BCUT2D eigenvalue weighted by Crippen LogP contribution is -2.26. The quantitative estimate of drug-likeness (QED) is 0.546. The monoisotopic (exact) mass is 314 g/mol. The van der Waals surface area contributed by atoms with Crippen LogP contribution in [-0.2, 0) is 0 Å². The molecule has 0 radical (unpaired) electrons. The normalized spacial score (nSPS) is 36.8. The molecular formula is C18H36P2. The molecule has 0 amide bonds. The first-order chi connectivity index (χ1) is 9.76. The van der Waals surface area contributed by atoms with Crippen LogP contribution in [0.15, 0.2) is 0 Å². The van der Waals surface area contributed by atoms with E-state index in [1.165, 1.54) is 63.7 Å². The van der Waals surface area contributed by atoms with E-state index in [4.69, 9.17) is 0 Å². The van der Waals surface area contributed by atoms with Crippen LogP contribution in [0.1, 0.15) is 71.1 Å². The van der Waals surface area contributed by atoms with Crippen LogP contribution in [-0.4, -0.2) is 12.3 Å². The molecule has 0 nitrogen and oxygen atoms in total. The Morgan fingerprint density at radius 2 is 1.30 bits per heavy atom. The average Bonchev–Trinajstić information content (AvgIpc) is 2.53. The standard InChI is InChI=1S/C18H36P2/c1-2-14(12-19)11-15-3-7-17(8-4-15)18-9-5-16(13-20)6-10-18/h14-18H,2-13,19-20H2,1H3. The highest BCUT2D eigenvalue weighted by Crippen LogP contribution is 2.43. The summed E-state index contributed by atoms with van der Waals surface area (Å²) >= 11 is 0. The van der Waals surface area contributed by atoms with Gasteiger partial charge in [-0.3, -0.25) is 0 Å². The molecule has 2 rings (SSSR count). The van der Waals surface area contributed by atoms with E-state index in [-0.39, 0.29) is 0 Å². The van der Waals surface area contributed by atoms with Gasteiger partial charge in [-0.15, -0.1) is 18.5 Å². The maximum atomic E-state index is 2.96. The molecule has 3 unspecified atom stereocenters. The first-order valence-corrected chi connectivity index (χ1v) is 10.8. The van der Waals surface area contributed by atoms with Gasteiger partial charge in [0.2, 0.25) is 0 Å². The Morgan fingerprint density at radius 1 is 0.800 bits per heavy atom. The SMILES string of the molecule is CCC(CP)CC1CCC(C2CCC(CP)CC2)CC1. The van der Waals surface area contributed by atoms with Crippen molar-refractivity contribution >= 4 is 18.5 Å². The molecule has 2 fully saturated rings. The zero-order valence-electron chi connectivity index (χ0n) is 13.5. The second-order valence-corrected chi connectivity index (χ2v) is 8.49. The van der Waals surface area contributed by atoms with Gasteiger partial charge in [0, 0.05) is 0 Å². The van der Waals surface area contributed by atoms with Crippen LogP contribution in [0.4, 0.5) is 0 Å². The highest BCUT2D eigenvalue weighted by Gasteiger charge is 2.30. The highest BCUT2D eigenvalue weighted by molar-refractivity contribution is 7.16. The Kier molecular flexibility index (Phi) is 7.84. The summed E-state index contributed by atoms with van der Waals surface area (Å²) in [6.45, 7) is 2.37. The van der Waals surface area contributed by atoms with E-state index < -0.39 is 0 Å². The number of rotatable bonds is 6. The minimum atomic E-state index is 0.971. The topological polar surface area (TPSA) is 0 Å². The van der Waals surface area contributed by atoms with E-state index in [9.17, 15) is 0 Å². The molecule has 20 heavy (non-hydrogen) atoms. The van der Waals surface area contributed by atoms with E-state index in [2.05, 4.69) is 25.4 Å². The molecule has 0 heterocycles. The Hall–Kier alpha value is 0.860. The molecule has 118 valence electrons. The van der Waals surface area contributed by atoms with Gasteiger partial charge in [-0.2, -0.15) is 0 Å². The minimum absolute atomic E-state index is 0.971. The summed E-state index contributed by atoms with van der Waals surface area (Å²) in [5.74, 6) is 5.24. The van der Waals surface area contributed by atoms with Gasteiger partial charge in [0.05, 0.1) is 0 Å². The third kappa shape index (κ3) is 4.95. The molecule has 3 atom stereocenters. The number of hydrogen-bond donors (Lipinski definition) is 0. The molecule has 2 saturated carbocycles. The first kappa shape index (κ1) is 17.2. The maximum absolute atomic E-state index is 2.96. The van der Waals surface area contributed by atoms with Gasteiger partial charge in [-0.05, 0) is 86.9 Å². The third-order valence-corrected chi connectivity index (χ3v) is 7.69. The molecule has 2 heteroatoms. The lowest BCUT2D eigenvalue weighted by Gasteiger charge is -2.38. The Balaban J connectivity index is 1.69. The fourth-order valence-corrected chi connectivity index (χ4v) is 5.69. The van der Waals surface area contributed by atoms with Crippen LogP contribution in [0, 0.1) is 29.6 Å². The second kappa shape index (κ2) is 9.10. The summed E-state index contributed by atoms with van der Waals surface area (Å²) in [5.41, 5.74) is 0. The summed E-state index contributed by atoms with van der Waals surface area (Å²) in [6, 6.07) is 0. The minimum Gasteiger partial charge on any atom is -0.137 e. The Bertz CT molecular complexity index is 246. The predicted molar refractivity (Wildman–Crippen MR) is 98.4 cm³/mol. The molecule has 0 aromatic heterocycles. The summed E-state index contributed by atoms with van der Waals surface area (Å²) in [7, 11) is 5.91. The van der Waals surface area contributed by atoms with E-state index in [1.807, 2.05) is 0 Å². The van der Waals surface area contributed by atoms with E-state index in [1.54, 1.807) is 12.8 Å². The van der Waals surface area contributed by atoms with Gasteiger partial charge >= 0.3 is 0 Å². The second-order valence-electron chi connectivity index (χ2n) is 7.54. The maximum Gasteiger partial charge on any atom is -0.0353 e. The van der Waals surface area contributed by atoms with Gasteiger partial charge < -0.3 is 0 Å². The van der Waals surface area contributed by atoms with Crippen molar-refractivity contribution in [2.24, 2.45) is 29.6 Å². The van der Waals surface area contributed by atoms with Crippen LogP contribution in [0.3, 0.4) is 0 Å². The third-order valence-electron chi connectivity index (χ3n) is 6.36. The van der Waals surface area contributed by atoms with E-state index in [0.29, 0.717) is 0 Å². The Labute approximate surface area is 132 Å². The van der Waals surface area contributed by atoms with Crippen LogP contribution in [0.5, 0.6) is 0 Å². The van der Waals surface area contributed by atoms with Crippen molar-refractivity contribution in [3.05, 3.63) is 0 Å². The zero-order chi connectivity index (χ0) is 14.4. The predicted octanol–water partition coefficient (Wildman–Crippen LogP) is 5.77. The van der Waals surface area contributed by atoms with Gasteiger partial charge in [-0.25, -0.2) is 0 Å². The van der Waals surface area contributed by atoms with E-state index in [0.717, 1.165) is 29.6 Å². The van der Waals surface area contributed by atoms with Crippen LogP contribution in [0.2, 0.25) is 0 Å². The van der Waals surface area contributed by atoms with Gasteiger partial charge in [0.15, 0.2) is 0 Å². The lowest BCUT2D eigenvalue weighted by molar-refractivity contribution is 0.143. The zero-order valence-corrected chi connectivity index (χ0v) is 15.8. The average molecular weight is 314 g/mol. The first-order valence-electron chi connectivity index (χ1n) is 9.16. The van der Waals surface area contributed by atoms with Crippen molar-refractivity contribution in [2.45, 2.75) is 71.1 Å². The van der Waals surface area contributed by atoms with Crippen molar-refractivity contribution in [3.63, 3.8) is 0 Å². The van der Waals surface area contributed by atoms with Crippen molar-refractivity contribution < 1.29 is 0 Å². The van der Waals surface area contributed by atoms with Gasteiger partial charge in [0.1, 0.15) is 0 Å². The summed E-state index contributed by atoms with van der Waals surface area (Å²) in [4.78, 5) is 0. The molecule has 0 aliphatic heterocycles. The van der Waals surface area contributed by atoms with Crippen LogP contribution >= 0.6 is 18.5 Å². The largest absolute Gasteiger partial charge is 0.137 e. The summed E-state index contributed by atoms with van der Waals surface area (Å²) in [5, 5.41) is 0. The molecule has 2 aliphatic rings. The molecule has 0 aromatic rings. The summed E-state index contributed by atoms with van der Waals surface area (Å²) in [6.07, 6.45) is 17.8. The lowest BCUT2D eigenvalue weighted by atomic mass is 9.68. The summed E-state index contributed by atoms with van der Waals surface area (Å²) < 4.78 is 0. The van der Waals surface area contributed by atoms with Crippen molar-refractivity contribution in [1.82, 2.24) is 0 Å². The van der Waals surface area contributed by atoms with Crippen molar-refractivity contribution in [1.29, 1.82) is 0 Å². The van der Waals surface area contributed by atoms with Crippen molar-refractivity contribution in [3.8, 4) is 0 Å².